The second-order valence-corrected chi connectivity index (χ2v) is 10.2. The van der Waals surface area contributed by atoms with Gasteiger partial charge < -0.3 is 9.16 Å². The first-order chi connectivity index (χ1) is 9.91. The van der Waals surface area contributed by atoms with E-state index in [-0.39, 0.29) is 5.97 Å². The van der Waals surface area contributed by atoms with Crippen LogP contribution in [0, 0.1) is 0 Å². The smallest absolute Gasteiger partial charge is 0.333 e. The Hall–Kier alpha value is -1.39. The Morgan fingerprint density at radius 2 is 1.86 bits per heavy atom. The van der Waals surface area contributed by atoms with Crippen LogP contribution < -0.4 is 0 Å². The van der Waals surface area contributed by atoms with Crippen molar-refractivity contribution < 1.29 is 14.0 Å². The van der Waals surface area contributed by atoms with Gasteiger partial charge in [0, 0.05) is 5.57 Å². The van der Waals surface area contributed by atoms with E-state index >= 15 is 0 Å². The Kier molecular flexibility index (Phi) is 7.40. The normalized spacial score (nSPS) is 11.2. The first kappa shape index (κ1) is 17.7. The number of benzene rings is 1. The molecule has 0 saturated heterocycles. The predicted molar refractivity (Wildman–Crippen MR) is 88.5 cm³/mol. The van der Waals surface area contributed by atoms with Crippen LogP contribution in [0.1, 0.15) is 25.3 Å². The molecule has 0 unspecified atom stereocenters. The van der Waals surface area contributed by atoms with E-state index in [9.17, 15) is 4.79 Å². The Morgan fingerprint density at radius 1 is 1.19 bits per heavy atom. The van der Waals surface area contributed by atoms with Gasteiger partial charge in [-0.1, -0.05) is 43.3 Å². The molecule has 0 aliphatic rings. The van der Waals surface area contributed by atoms with Crippen LogP contribution in [0.5, 0.6) is 0 Å². The summed E-state index contributed by atoms with van der Waals surface area (Å²) in [5.41, 5.74) is 1.67. The van der Waals surface area contributed by atoms with Gasteiger partial charge in [-0.15, -0.1) is 0 Å². The Bertz CT molecular complexity index is 454. The van der Waals surface area contributed by atoms with Crippen LogP contribution in [-0.4, -0.2) is 20.9 Å². The van der Waals surface area contributed by atoms with Crippen LogP contribution in [0.25, 0.3) is 0 Å². The summed E-state index contributed by atoms with van der Waals surface area (Å²) in [4.78, 5) is 11.2. The van der Waals surface area contributed by atoms with E-state index in [2.05, 4.69) is 31.8 Å². The zero-order chi connectivity index (χ0) is 15.7. The van der Waals surface area contributed by atoms with Gasteiger partial charge in [-0.3, -0.25) is 0 Å². The highest BCUT2D eigenvalue weighted by atomic mass is 28.4. The lowest BCUT2D eigenvalue weighted by molar-refractivity contribution is -0.139. The summed E-state index contributed by atoms with van der Waals surface area (Å²) in [7, 11) is -1.64. The second-order valence-electron chi connectivity index (χ2n) is 5.91. The molecule has 0 aromatic heterocycles. The monoisotopic (exact) mass is 306 g/mol. The van der Waals surface area contributed by atoms with Crippen molar-refractivity contribution in [2.45, 2.75) is 45.5 Å². The fourth-order valence-corrected chi connectivity index (χ4v) is 3.67. The predicted octanol–water partition coefficient (Wildman–Crippen LogP) is 4.31. The second kappa shape index (κ2) is 8.80. The quantitative estimate of drug-likeness (QED) is 0.295. The Labute approximate surface area is 129 Å². The molecule has 21 heavy (non-hydrogen) atoms. The maximum atomic E-state index is 11.2. The molecule has 1 aromatic carbocycles. The summed E-state index contributed by atoms with van der Waals surface area (Å²) in [5, 5.41) is 0. The van der Waals surface area contributed by atoms with E-state index in [1.165, 1.54) is 5.56 Å². The molecule has 0 bridgehead atoms. The molecule has 0 aliphatic heterocycles. The van der Waals surface area contributed by atoms with Crippen LogP contribution in [0.3, 0.4) is 0 Å². The molecule has 0 saturated carbocycles. The number of ether oxygens (including phenoxy) is 1. The third-order valence-electron chi connectivity index (χ3n) is 3.23. The highest BCUT2D eigenvalue weighted by molar-refractivity contribution is 6.71. The maximum Gasteiger partial charge on any atom is 0.333 e. The third kappa shape index (κ3) is 7.83. The van der Waals surface area contributed by atoms with Gasteiger partial charge in [-0.25, -0.2) is 4.79 Å². The van der Waals surface area contributed by atoms with Crippen molar-refractivity contribution in [3.63, 3.8) is 0 Å². The molecular weight excluding hydrogens is 280 g/mol. The first-order valence-electron chi connectivity index (χ1n) is 7.41. The fraction of sp³-hybridized carbons (Fsp3) is 0.471. The van der Waals surface area contributed by atoms with Gasteiger partial charge >= 0.3 is 5.97 Å². The summed E-state index contributed by atoms with van der Waals surface area (Å²) >= 11 is 0. The van der Waals surface area contributed by atoms with Crippen LogP contribution >= 0.6 is 0 Å². The van der Waals surface area contributed by atoms with Gasteiger partial charge in [-0.05, 0) is 38.0 Å². The number of unbranched alkanes of at least 4 members (excludes halogenated alkanes) is 1. The van der Waals surface area contributed by atoms with E-state index in [0.29, 0.717) is 18.8 Å². The molecule has 0 fully saturated rings. The highest BCUT2D eigenvalue weighted by Crippen LogP contribution is 2.17. The number of carbonyl (C=O) groups excluding carboxylic acids is 1. The minimum absolute atomic E-state index is 0.299. The average molecular weight is 306 g/mol. The van der Waals surface area contributed by atoms with E-state index in [4.69, 9.17) is 9.16 Å². The maximum absolute atomic E-state index is 11.2. The lowest BCUT2D eigenvalue weighted by Crippen LogP contribution is -2.29. The Balaban J connectivity index is 2.18. The molecule has 1 rings (SSSR count). The number of esters is 1. The minimum Gasteiger partial charge on any atom is -0.462 e. The summed E-state index contributed by atoms with van der Waals surface area (Å²) < 4.78 is 11.2. The molecular formula is C17H26O3Si. The van der Waals surface area contributed by atoms with E-state index in [1.807, 2.05) is 18.2 Å². The molecule has 0 spiro atoms. The summed E-state index contributed by atoms with van der Waals surface area (Å²) in [5.74, 6) is -0.299. The van der Waals surface area contributed by atoms with Crippen molar-refractivity contribution in [3.8, 4) is 0 Å². The molecule has 4 heteroatoms. The number of hydrogen-bond donors (Lipinski definition) is 0. The molecule has 0 atom stereocenters. The lowest BCUT2D eigenvalue weighted by atomic mass is 10.2. The molecule has 0 heterocycles. The summed E-state index contributed by atoms with van der Waals surface area (Å²) in [6, 6.07) is 11.3. The van der Waals surface area contributed by atoms with Crippen molar-refractivity contribution >= 4 is 14.3 Å². The number of carbonyl (C=O) groups is 1. The number of rotatable bonds is 9. The standard InChI is InChI=1S/C17H26O3Si/c1-15(2)17(18)19-12-8-9-13-21(3,4)20-14-16-10-6-5-7-11-16/h5-7,10-11H,1,8-9,12-14H2,2-4H3. The van der Waals surface area contributed by atoms with Gasteiger partial charge in [0.2, 0.25) is 0 Å². The van der Waals surface area contributed by atoms with Crippen LogP contribution in [0.4, 0.5) is 0 Å². The first-order valence-corrected chi connectivity index (χ1v) is 10.5. The summed E-state index contributed by atoms with van der Waals surface area (Å²) in [6.45, 7) is 10.8. The Morgan fingerprint density at radius 3 is 2.48 bits per heavy atom. The summed E-state index contributed by atoms with van der Waals surface area (Å²) in [6.07, 6.45) is 1.90. The largest absolute Gasteiger partial charge is 0.462 e. The molecule has 0 N–H and O–H groups in total. The van der Waals surface area contributed by atoms with Gasteiger partial charge in [-0.2, -0.15) is 0 Å². The number of hydrogen-bond acceptors (Lipinski definition) is 3. The molecule has 116 valence electrons. The van der Waals surface area contributed by atoms with Crippen LogP contribution in [0.15, 0.2) is 42.5 Å². The van der Waals surface area contributed by atoms with Gasteiger partial charge in [0.25, 0.3) is 0 Å². The van der Waals surface area contributed by atoms with E-state index < -0.39 is 8.32 Å². The molecule has 0 radical (unpaired) electrons. The zero-order valence-electron chi connectivity index (χ0n) is 13.4. The highest BCUT2D eigenvalue weighted by Gasteiger charge is 2.21. The van der Waals surface area contributed by atoms with Crippen molar-refractivity contribution in [2.75, 3.05) is 6.61 Å². The SMILES string of the molecule is C=C(C)C(=O)OCCCC[Si](C)(C)OCc1ccccc1. The van der Waals surface area contributed by atoms with Crippen molar-refractivity contribution in [2.24, 2.45) is 0 Å². The van der Waals surface area contributed by atoms with E-state index in [0.717, 1.165) is 18.9 Å². The van der Waals surface area contributed by atoms with Gasteiger partial charge in [0.15, 0.2) is 8.32 Å². The van der Waals surface area contributed by atoms with Crippen molar-refractivity contribution in [1.29, 1.82) is 0 Å². The van der Waals surface area contributed by atoms with Gasteiger partial charge in [0.1, 0.15) is 0 Å². The molecule has 1 aromatic rings. The minimum atomic E-state index is -1.64. The topological polar surface area (TPSA) is 35.5 Å². The average Bonchev–Trinajstić information content (AvgIpc) is 2.45. The van der Waals surface area contributed by atoms with Crippen molar-refractivity contribution in [1.82, 2.24) is 0 Å². The molecule has 0 amide bonds. The van der Waals surface area contributed by atoms with Crippen LogP contribution in [0.2, 0.25) is 19.1 Å². The van der Waals surface area contributed by atoms with E-state index in [1.54, 1.807) is 6.92 Å². The molecule has 3 nitrogen and oxygen atoms in total. The zero-order valence-corrected chi connectivity index (χ0v) is 14.4. The van der Waals surface area contributed by atoms with Crippen LogP contribution in [-0.2, 0) is 20.6 Å². The van der Waals surface area contributed by atoms with Crippen molar-refractivity contribution in [3.05, 3.63) is 48.0 Å². The van der Waals surface area contributed by atoms with Gasteiger partial charge in [0.05, 0.1) is 13.2 Å². The third-order valence-corrected chi connectivity index (χ3v) is 5.71. The fourth-order valence-electron chi connectivity index (χ4n) is 1.87. The lowest BCUT2D eigenvalue weighted by Gasteiger charge is -2.23. The molecule has 0 aliphatic carbocycles.